The number of hydrogen-bond acceptors (Lipinski definition) is 1. The maximum absolute atomic E-state index is 11.0. The zero-order chi connectivity index (χ0) is 8.86. The molecule has 1 rings (SSSR count). The maximum atomic E-state index is 11.0. The van der Waals surface area contributed by atoms with Crippen molar-refractivity contribution < 1.29 is 4.79 Å². The minimum Gasteiger partial charge on any atom is -0.369 e. The van der Waals surface area contributed by atoms with E-state index in [9.17, 15) is 4.79 Å². The number of halogens is 2. The molecule has 1 saturated carbocycles. The standard InChI is InChI=1S/C7H11Cl2NO/c1-4(2)6(5(10)11)3-7(6,8)9/h4H,3H2,1-2H3,(H2,10,11). The van der Waals surface area contributed by atoms with E-state index in [4.69, 9.17) is 28.9 Å². The van der Waals surface area contributed by atoms with Crippen molar-refractivity contribution in [2.24, 2.45) is 17.1 Å². The van der Waals surface area contributed by atoms with Crippen LogP contribution in [-0.2, 0) is 4.79 Å². The molecule has 1 atom stereocenters. The molecule has 1 unspecified atom stereocenters. The van der Waals surface area contributed by atoms with Crippen LogP contribution in [0.15, 0.2) is 0 Å². The van der Waals surface area contributed by atoms with Gasteiger partial charge < -0.3 is 5.73 Å². The number of carbonyl (C=O) groups is 1. The number of primary amides is 1. The highest BCUT2D eigenvalue weighted by Gasteiger charge is 2.71. The number of rotatable bonds is 2. The zero-order valence-corrected chi connectivity index (χ0v) is 8.04. The fourth-order valence-corrected chi connectivity index (χ4v) is 2.53. The predicted octanol–water partition coefficient (Wildman–Crippen LogP) is 1.69. The summed E-state index contributed by atoms with van der Waals surface area (Å²) in [7, 11) is 0. The lowest BCUT2D eigenvalue weighted by molar-refractivity contribution is -0.124. The third kappa shape index (κ3) is 1.04. The van der Waals surface area contributed by atoms with Crippen LogP contribution < -0.4 is 5.73 Å². The van der Waals surface area contributed by atoms with E-state index in [0.29, 0.717) is 6.42 Å². The predicted molar refractivity (Wildman–Crippen MR) is 45.5 cm³/mol. The minimum atomic E-state index is -0.924. The largest absolute Gasteiger partial charge is 0.369 e. The molecule has 1 aliphatic rings. The van der Waals surface area contributed by atoms with E-state index >= 15 is 0 Å². The zero-order valence-electron chi connectivity index (χ0n) is 6.53. The summed E-state index contributed by atoms with van der Waals surface area (Å²) in [5.41, 5.74) is 4.52. The highest BCUT2D eigenvalue weighted by molar-refractivity contribution is 6.53. The third-order valence-electron chi connectivity index (χ3n) is 2.45. The molecule has 11 heavy (non-hydrogen) atoms. The third-order valence-corrected chi connectivity index (χ3v) is 3.40. The normalized spacial score (nSPS) is 33.9. The van der Waals surface area contributed by atoms with Crippen LogP contribution in [0.2, 0.25) is 0 Å². The summed E-state index contributed by atoms with van der Waals surface area (Å²) < 4.78 is -0.924. The second kappa shape index (κ2) is 2.27. The molecule has 0 bridgehead atoms. The average Bonchev–Trinajstić information content (AvgIpc) is 2.35. The van der Waals surface area contributed by atoms with Crippen LogP contribution in [0.4, 0.5) is 0 Å². The smallest absolute Gasteiger partial charge is 0.227 e. The summed E-state index contributed by atoms with van der Waals surface area (Å²) in [4.78, 5) is 11.0. The van der Waals surface area contributed by atoms with Crippen molar-refractivity contribution in [2.75, 3.05) is 0 Å². The Balaban J connectivity index is 2.88. The Bertz CT molecular complexity index is 203. The highest BCUT2D eigenvalue weighted by atomic mass is 35.5. The first kappa shape index (κ1) is 9.14. The molecule has 0 aliphatic heterocycles. The second-order valence-electron chi connectivity index (χ2n) is 3.37. The molecule has 0 heterocycles. The molecule has 4 heteroatoms. The lowest BCUT2D eigenvalue weighted by Gasteiger charge is -2.17. The number of nitrogens with two attached hydrogens (primary N) is 1. The molecule has 64 valence electrons. The molecular formula is C7H11Cl2NO. The number of alkyl halides is 2. The first-order valence-electron chi connectivity index (χ1n) is 3.52. The monoisotopic (exact) mass is 195 g/mol. The van der Waals surface area contributed by atoms with Gasteiger partial charge >= 0.3 is 0 Å². The van der Waals surface area contributed by atoms with E-state index < -0.39 is 15.7 Å². The molecule has 1 fully saturated rings. The van der Waals surface area contributed by atoms with Gasteiger partial charge in [-0.15, -0.1) is 23.2 Å². The molecule has 0 saturated heterocycles. The molecule has 2 nitrogen and oxygen atoms in total. The Morgan fingerprint density at radius 2 is 1.91 bits per heavy atom. The van der Waals surface area contributed by atoms with Gasteiger partial charge in [-0.25, -0.2) is 0 Å². The van der Waals surface area contributed by atoms with Gasteiger partial charge in [0.1, 0.15) is 4.33 Å². The van der Waals surface area contributed by atoms with Crippen LogP contribution in [0.1, 0.15) is 20.3 Å². The first-order valence-corrected chi connectivity index (χ1v) is 4.28. The Morgan fingerprint density at radius 3 is 1.91 bits per heavy atom. The van der Waals surface area contributed by atoms with Crippen LogP contribution in [0.3, 0.4) is 0 Å². The van der Waals surface area contributed by atoms with Crippen molar-refractivity contribution in [2.45, 2.75) is 24.6 Å². The fourth-order valence-electron chi connectivity index (χ4n) is 1.48. The summed E-state index contributed by atoms with van der Waals surface area (Å²) in [5, 5.41) is 0. The number of amides is 1. The molecular weight excluding hydrogens is 185 g/mol. The molecule has 0 aromatic heterocycles. The highest BCUT2D eigenvalue weighted by Crippen LogP contribution is 2.67. The molecule has 0 aromatic rings. The van der Waals surface area contributed by atoms with Gasteiger partial charge in [-0.1, -0.05) is 13.8 Å². The molecule has 2 N–H and O–H groups in total. The lowest BCUT2D eigenvalue weighted by Crippen LogP contribution is -2.33. The van der Waals surface area contributed by atoms with Gasteiger partial charge in [0.15, 0.2) is 0 Å². The summed E-state index contributed by atoms with van der Waals surface area (Å²) >= 11 is 11.6. The number of hydrogen-bond donors (Lipinski definition) is 1. The average molecular weight is 196 g/mol. The van der Waals surface area contributed by atoms with Crippen molar-refractivity contribution in [3.63, 3.8) is 0 Å². The van der Waals surface area contributed by atoms with Gasteiger partial charge in [-0.05, 0) is 12.3 Å². The summed E-state index contributed by atoms with van der Waals surface area (Å²) in [6, 6.07) is 0. The van der Waals surface area contributed by atoms with E-state index in [-0.39, 0.29) is 5.92 Å². The van der Waals surface area contributed by atoms with Crippen LogP contribution in [-0.4, -0.2) is 10.2 Å². The van der Waals surface area contributed by atoms with E-state index in [0.717, 1.165) is 0 Å². The minimum absolute atomic E-state index is 0.106. The topological polar surface area (TPSA) is 43.1 Å². The first-order chi connectivity index (χ1) is 4.84. The molecule has 1 amide bonds. The Kier molecular flexibility index (Phi) is 1.88. The Morgan fingerprint density at radius 1 is 1.55 bits per heavy atom. The quantitative estimate of drug-likeness (QED) is 0.671. The van der Waals surface area contributed by atoms with Crippen molar-refractivity contribution >= 4 is 29.1 Å². The van der Waals surface area contributed by atoms with Gasteiger partial charge in [0.2, 0.25) is 5.91 Å². The van der Waals surface area contributed by atoms with E-state index in [1.807, 2.05) is 13.8 Å². The molecule has 0 spiro atoms. The van der Waals surface area contributed by atoms with E-state index in [1.165, 1.54) is 0 Å². The maximum Gasteiger partial charge on any atom is 0.227 e. The fraction of sp³-hybridized carbons (Fsp3) is 0.857. The van der Waals surface area contributed by atoms with Crippen molar-refractivity contribution in [1.29, 1.82) is 0 Å². The van der Waals surface area contributed by atoms with Crippen LogP contribution in [0, 0.1) is 11.3 Å². The van der Waals surface area contributed by atoms with Gasteiger partial charge in [0, 0.05) is 0 Å². The summed E-state index contributed by atoms with van der Waals surface area (Å²) in [6.07, 6.45) is 0.482. The van der Waals surface area contributed by atoms with Crippen LogP contribution in [0.25, 0.3) is 0 Å². The second-order valence-corrected chi connectivity index (χ2v) is 4.86. The number of carbonyl (C=O) groups excluding carboxylic acids is 1. The van der Waals surface area contributed by atoms with Crippen LogP contribution in [0.5, 0.6) is 0 Å². The lowest BCUT2D eigenvalue weighted by atomic mass is 9.92. The van der Waals surface area contributed by atoms with Crippen LogP contribution >= 0.6 is 23.2 Å². The van der Waals surface area contributed by atoms with Gasteiger partial charge in [0.05, 0.1) is 5.41 Å². The summed E-state index contributed by atoms with van der Waals surface area (Å²) in [5.74, 6) is -0.285. The summed E-state index contributed by atoms with van der Waals surface area (Å²) in [6.45, 7) is 3.80. The Labute approximate surface area is 76.0 Å². The van der Waals surface area contributed by atoms with E-state index in [1.54, 1.807) is 0 Å². The SMILES string of the molecule is CC(C)C1(C(N)=O)CC1(Cl)Cl. The van der Waals surface area contributed by atoms with Gasteiger partial charge in [-0.2, -0.15) is 0 Å². The Hall–Kier alpha value is 0.0500. The molecule has 0 aromatic carbocycles. The van der Waals surface area contributed by atoms with Crippen molar-refractivity contribution in [1.82, 2.24) is 0 Å². The molecule has 0 radical (unpaired) electrons. The van der Waals surface area contributed by atoms with Gasteiger partial charge in [0.25, 0.3) is 0 Å². The van der Waals surface area contributed by atoms with Gasteiger partial charge in [-0.3, -0.25) is 4.79 Å². The van der Waals surface area contributed by atoms with E-state index in [2.05, 4.69) is 0 Å². The molecule has 1 aliphatic carbocycles. The van der Waals surface area contributed by atoms with Crippen molar-refractivity contribution in [3.05, 3.63) is 0 Å². The van der Waals surface area contributed by atoms with Crippen molar-refractivity contribution in [3.8, 4) is 0 Å².